The van der Waals surface area contributed by atoms with Crippen molar-refractivity contribution in [3.05, 3.63) is 47.5 Å². The molecule has 2 fully saturated rings. The molecule has 0 unspecified atom stereocenters. The van der Waals surface area contributed by atoms with Crippen molar-refractivity contribution in [1.82, 2.24) is 10.6 Å². The number of aliphatic hydroxyl groups excluding tert-OH is 6. The number of thioether (sulfide) groups is 1. The molecule has 2 amide bonds. The van der Waals surface area contributed by atoms with Gasteiger partial charge < -0.3 is 70.4 Å². The molecule has 0 bridgehead atoms. The normalized spacial score (nSPS) is 26.4. The number of unbranched alkanes of at least 4 members (excludes halogenated alkanes) is 12. The molecule has 2 aliphatic rings. The van der Waals surface area contributed by atoms with E-state index in [4.69, 9.17) is 18.9 Å². The van der Waals surface area contributed by atoms with E-state index in [1.54, 1.807) is 0 Å². The number of rotatable bonds is 26. The van der Waals surface area contributed by atoms with Crippen LogP contribution in [0.1, 0.15) is 124 Å². The maximum Gasteiger partial charge on any atom is 0.251 e. The lowest BCUT2D eigenvalue weighted by molar-refractivity contribution is -0.175. The van der Waals surface area contributed by atoms with Crippen molar-refractivity contribution in [3.63, 3.8) is 0 Å². The molecule has 0 aromatic heterocycles. The zero-order valence-corrected chi connectivity index (χ0v) is 36.2. The van der Waals surface area contributed by atoms with Gasteiger partial charge in [-0.3, -0.25) is 9.59 Å². The van der Waals surface area contributed by atoms with Crippen LogP contribution in [0.5, 0.6) is 23.0 Å². The third kappa shape index (κ3) is 15.4. The van der Waals surface area contributed by atoms with E-state index in [0.29, 0.717) is 25.0 Å². The molecule has 10 atom stereocenters. The highest BCUT2D eigenvalue weighted by Crippen LogP contribution is 2.37. The number of phenolic OH excluding ortho intramolecular Hbond substituents is 2. The second kappa shape index (κ2) is 26.3. The minimum atomic E-state index is -1.67. The molecule has 17 heteroatoms. The van der Waals surface area contributed by atoms with Gasteiger partial charge in [0.15, 0.2) is 0 Å². The summed E-state index contributed by atoms with van der Waals surface area (Å²) in [7, 11) is 0. The smallest absolute Gasteiger partial charge is 0.251 e. The largest absolute Gasteiger partial charge is 0.508 e. The summed E-state index contributed by atoms with van der Waals surface area (Å²) in [4.78, 5) is 27.0. The molecular formula is C44H68N2O14S. The number of carbonyl (C=O) groups excluding carboxylic acids is 2. The second-order valence-electron chi connectivity index (χ2n) is 15.9. The van der Waals surface area contributed by atoms with E-state index in [1.165, 1.54) is 74.9 Å². The van der Waals surface area contributed by atoms with Gasteiger partial charge in [-0.15, -0.1) is 0 Å². The molecule has 2 heterocycles. The van der Waals surface area contributed by atoms with Gasteiger partial charge in [0.1, 0.15) is 70.5 Å². The molecule has 2 saturated heterocycles. The third-order valence-corrected chi connectivity index (χ3v) is 12.3. The Balaban J connectivity index is 1.39. The fraction of sp³-hybridized carbons (Fsp3) is 0.682. The summed E-state index contributed by atoms with van der Waals surface area (Å²) >= 11 is 0.688. The van der Waals surface area contributed by atoms with E-state index in [2.05, 4.69) is 24.5 Å². The molecule has 2 aliphatic heterocycles. The molecule has 4 rings (SSSR count). The topological polar surface area (TPSA) is 257 Å². The predicted molar refractivity (Wildman–Crippen MR) is 229 cm³/mol. The zero-order chi connectivity index (χ0) is 44.3. The SMILES string of the molecule is CCCCCCCCCOc1cc(O)cc(C(=O)N[C@H]2[C@@H](O)[C@@H](CO)O[C@@H](S[C@@H]3O[C@H](CO)[C@H](O)[C@H](NC(=O)c4cc(O)cc(OCCCCCCCCC)c4)[C@H]3O)[C@@H]2O)c1. The number of aliphatic hydroxyl groups is 6. The van der Waals surface area contributed by atoms with Gasteiger partial charge in [0.2, 0.25) is 0 Å². The van der Waals surface area contributed by atoms with Gasteiger partial charge in [0, 0.05) is 23.3 Å². The highest BCUT2D eigenvalue weighted by atomic mass is 32.2. The van der Waals surface area contributed by atoms with Crippen LogP contribution < -0.4 is 20.1 Å². The van der Waals surface area contributed by atoms with Gasteiger partial charge in [-0.25, -0.2) is 0 Å². The van der Waals surface area contributed by atoms with E-state index in [1.807, 2.05) is 0 Å². The van der Waals surface area contributed by atoms with Gasteiger partial charge >= 0.3 is 0 Å². The Hall–Kier alpha value is -3.39. The number of benzene rings is 2. The van der Waals surface area contributed by atoms with Crippen molar-refractivity contribution >= 4 is 23.6 Å². The summed E-state index contributed by atoms with van der Waals surface area (Å²) in [5.41, 5.74) is -2.78. The number of carbonyl (C=O) groups is 2. The number of phenols is 2. The van der Waals surface area contributed by atoms with Crippen LogP contribution in [0.15, 0.2) is 36.4 Å². The van der Waals surface area contributed by atoms with Crippen molar-refractivity contribution in [2.45, 2.75) is 163 Å². The van der Waals surface area contributed by atoms with Gasteiger partial charge in [0.25, 0.3) is 11.8 Å². The average molecular weight is 881 g/mol. The molecule has 0 aliphatic carbocycles. The highest BCUT2D eigenvalue weighted by Gasteiger charge is 2.51. The number of ether oxygens (including phenoxy) is 4. The van der Waals surface area contributed by atoms with Crippen molar-refractivity contribution in [3.8, 4) is 23.0 Å². The van der Waals surface area contributed by atoms with Crippen LogP contribution in [0.25, 0.3) is 0 Å². The lowest BCUT2D eigenvalue weighted by atomic mass is 9.96. The minimum absolute atomic E-state index is 0.0202. The van der Waals surface area contributed by atoms with Crippen molar-refractivity contribution in [2.24, 2.45) is 0 Å². The Morgan fingerprint density at radius 3 is 1.28 bits per heavy atom. The first-order valence-corrected chi connectivity index (χ1v) is 22.8. The van der Waals surface area contributed by atoms with Crippen molar-refractivity contribution in [2.75, 3.05) is 26.4 Å². The number of amides is 2. The lowest BCUT2D eigenvalue weighted by Gasteiger charge is -2.46. The summed E-state index contributed by atoms with van der Waals surface area (Å²) in [6.07, 6.45) is 6.00. The molecule has 2 aromatic rings. The highest BCUT2D eigenvalue weighted by molar-refractivity contribution is 8.00. The predicted octanol–water partition coefficient (Wildman–Crippen LogP) is 3.86. The van der Waals surface area contributed by atoms with Crippen LogP contribution >= 0.6 is 11.8 Å². The van der Waals surface area contributed by atoms with E-state index >= 15 is 0 Å². The van der Waals surface area contributed by atoms with Crippen LogP contribution in [-0.4, -0.2) is 139 Å². The van der Waals surface area contributed by atoms with Crippen molar-refractivity contribution < 1.29 is 69.4 Å². The Morgan fingerprint density at radius 2 is 0.918 bits per heavy atom. The maximum absolute atomic E-state index is 13.5. The fourth-order valence-electron chi connectivity index (χ4n) is 7.44. The molecule has 344 valence electrons. The molecule has 10 N–H and O–H groups in total. The van der Waals surface area contributed by atoms with Gasteiger partial charge in [-0.1, -0.05) is 103 Å². The van der Waals surface area contributed by atoms with Crippen LogP contribution in [-0.2, 0) is 9.47 Å². The fourth-order valence-corrected chi connectivity index (χ4v) is 8.77. The number of hydrogen-bond donors (Lipinski definition) is 10. The Kier molecular flexibility index (Phi) is 21.7. The van der Waals surface area contributed by atoms with Crippen LogP contribution in [0.3, 0.4) is 0 Å². The van der Waals surface area contributed by atoms with E-state index in [9.17, 15) is 50.4 Å². The molecule has 0 saturated carbocycles. The zero-order valence-electron chi connectivity index (χ0n) is 35.4. The second-order valence-corrected chi connectivity index (χ2v) is 17.1. The first-order chi connectivity index (χ1) is 29.4. The lowest BCUT2D eigenvalue weighted by Crippen LogP contribution is -2.66. The Bertz CT molecular complexity index is 1510. The number of hydrogen-bond acceptors (Lipinski definition) is 15. The van der Waals surface area contributed by atoms with Crippen LogP contribution in [0, 0.1) is 0 Å². The summed E-state index contributed by atoms with van der Waals surface area (Å²) in [6, 6.07) is 5.14. The maximum atomic E-state index is 13.5. The molecule has 16 nitrogen and oxygen atoms in total. The molecular weight excluding hydrogens is 813 g/mol. The Labute approximate surface area is 363 Å². The quantitative estimate of drug-likeness (QED) is 0.0602. The van der Waals surface area contributed by atoms with Crippen LogP contribution in [0.2, 0.25) is 0 Å². The molecule has 0 radical (unpaired) electrons. The van der Waals surface area contributed by atoms with Gasteiger partial charge in [0.05, 0.1) is 38.5 Å². The number of nitrogens with one attached hydrogen (secondary N) is 2. The summed E-state index contributed by atoms with van der Waals surface area (Å²) < 4.78 is 23.2. The van der Waals surface area contributed by atoms with Crippen molar-refractivity contribution in [1.29, 1.82) is 0 Å². The summed E-state index contributed by atoms with van der Waals surface area (Å²) in [5, 5.41) is 91.1. The average Bonchev–Trinajstić information content (AvgIpc) is 3.24. The Morgan fingerprint density at radius 1 is 0.557 bits per heavy atom. The first kappa shape index (κ1) is 50.3. The molecule has 0 spiro atoms. The molecule has 2 aromatic carbocycles. The van der Waals surface area contributed by atoms with Gasteiger partial charge in [-0.2, -0.15) is 0 Å². The van der Waals surface area contributed by atoms with E-state index in [0.717, 1.165) is 51.4 Å². The van der Waals surface area contributed by atoms with E-state index < -0.39 is 84.6 Å². The van der Waals surface area contributed by atoms with E-state index in [-0.39, 0.29) is 34.1 Å². The first-order valence-electron chi connectivity index (χ1n) is 21.9. The third-order valence-electron chi connectivity index (χ3n) is 11.0. The summed E-state index contributed by atoms with van der Waals surface area (Å²) in [5.74, 6) is -1.51. The standard InChI is InChI=1S/C44H68N2O14S/c1-3-5-7-9-11-13-15-17-57-31-21-27(19-29(49)23-31)41(55)45-35-37(51)33(25-47)59-43(39(35)53)61-44-40(54)36(38(52)34(26-48)60-44)46-42(56)28-20-30(50)24-32(22-28)58-18-16-14-12-10-8-6-4-2/h19-24,33-40,43-44,47-54H,3-18,25-26H2,1-2H3,(H,45,55)(H,46,56)/t33-,34-,35+,36+,37+,38+,39-,40-,43+,44+/m1/s1. The molecule has 61 heavy (non-hydrogen) atoms. The monoisotopic (exact) mass is 880 g/mol. The number of aromatic hydroxyl groups is 2. The van der Waals surface area contributed by atoms with Gasteiger partial charge in [-0.05, 0) is 37.1 Å². The summed E-state index contributed by atoms with van der Waals surface area (Å²) in [6.45, 7) is 3.65. The van der Waals surface area contributed by atoms with Crippen LogP contribution in [0.4, 0.5) is 0 Å². The minimum Gasteiger partial charge on any atom is -0.508 e.